The predicted octanol–water partition coefficient (Wildman–Crippen LogP) is 1.22. The second-order valence-electron chi connectivity index (χ2n) is 3.19. The Morgan fingerprint density at radius 1 is 1.23 bits per heavy atom. The Bertz CT molecular complexity index is 321. The van der Waals surface area contributed by atoms with Crippen molar-refractivity contribution in [2.45, 2.75) is 20.3 Å². The highest BCUT2D eigenvalue weighted by molar-refractivity contribution is 5.51. The normalized spacial score (nSPS) is 10.4. The van der Waals surface area contributed by atoms with E-state index in [0.717, 1.165) is 23.1 Å². The first-order valence-corrected chi connectivity index (χ1v) is 4.29. The van der Waals surface area contributed by atoms with Crippen molar-refractivity contribution in [2.75, 3.05) is 6.54 Å². The number of hydrogen-bond acceptors (Lipinski definition) is 3. The lowest BCUT2D eigenvalue weighted by atomic mass is 9.99. The van der Waals surface area contributed by atoms with Gasteiger partial charge in [0.15, 0.2) is 11.5 Å². The summed E-state index contributed by atoms with van der Waals surface area (Å²) in [6.07, 6.45) is 0.723. The van der Waals surface area contributed by atoms with Crippen LogP contribution in [0.1, 0.15) is 16.7 Å². The van der Waals surface area contributed by atoms with Gasteiger partial charge in [0.2, 0.25) is 0 Å². The fourth-order valence-electron chi connectivity index (χ4n) is 1.37. The van der Waals surface area contributed by atoms with Gasteiger partial charge < -0.3 is 15.9 Å². The smallest absolute Gasteiger partial charge is 0.160 e. The molecular weight excluding hydrogens is 166 g/mol. The van der Waals surface area contributed by atoms with Crippen LogP contribution >= 0.6 is 0 Å². The molecule has 0 aliphatic rings. The zero-order chi connectivity index (χ0) is 10.0. The monoisotopic (exact) mass is 181 g/mol. The summed E-state index contributed by atoms with van der Waals surface area (Å²) in [5, 5.41) is 18.7. The highest BCUT2D eigenvalue weighted by Gasteiger charge is 2.09. The Labute approximate surface area is 77.8 Å². The summed E-state index contributed by atoms with van der Waals surface area (Å²) in [5.74, 6) is -0.0928. The molecule has 0 aliphatic carbocycles. The van der Waals surface area contributed by atoms with Gasteiger partial charge in [-0.05, 0) is 49.6 Å². The van der Waals surface area contributed by atoms with Gasteiger partial charge in [-0.1, -0.05) is 0 Å². The zero-order valence-corrected chi connectivity index (χ0v) is 7.96. The Hall–Kier alpha value is -1.22. The lowest BCUT2D eigenvalue weighted by Crippen LogP contribution is -2.04. The van der Waals surface area contributed by atoms with E-state index in [1.54, 1.807) is 13.0 Å². The average Bonchev–Trinajstić information content (AvgIpc) is 2.11. The maximum absolute atomic E-state index is 9.40. The lowest BCUT2D eigenvalue weighted by molar-refractivity contribution is 0.400. The van der Waals surface area contributed by atoms with Crippen LogP contribution in [-0.4, -0.2) is 16.8 Å². The van der Waals surface area contributed by atoms with E-state index >= 15 is 0 Å². The fraction of sp³-hybridized carbons (Fsp3) is 0.400. The van der Waals surface area contributed by atoms with Crippen LogP contribution < -0.4 is 5.73 Å². The summed E-state index contributed by atoms with van der Waals surface area (Å²) >= 11 is 0. The van der Waals surface area contributed by atoms with Crippen molar-refractivity contribution in [3.8, 4) is 11.5 Å². The van der Waals surface area contributed by atoms with Gasteiger partial charge in [0.1, 0.15) is 0 Å². The quantitative estimate of drug-likeness (QED) is 0.601. The third-order valence-corrected chi connectivity index (χ3v) is 2.37. The van der Waals surface area contributed by atoms with Crippen LogP contribution in [0.4, 0.5) is 0 Å². The Morgan fingerprint density at radius 3 is 2.38 bits per heavy atom. The average molecular weight is 181 g/mol. The molecular formula is C10H15NO2. The zero-order valence-electron chi connectivity index (χ0n) is 7.96. The summed E-state index contributed by atoms with van der Waals surface area (Å²) < 4.78 is 0. The first kappa shape index (κ1) is 9.86. The SMILES string of the molecule is Cc1c(CCN)cc(O)c(O)c1C. The van der Waals surface area contributed by atoms with Crippen molar-refractivity contribution in [3.05, 3.63) is 22.8 Å². The lowest BCUT2D eigenvalue weighted by Gasteiger charge is -2.10. The molecule has 4 N–H and O–H groups in total. The minimum atomic E-state index is -0.0634. The van der Waals surface area contributed by atoms with Crippen LogP contribution in [0.15, 0.2) is 6.07 Å². The number of rotatable bonds is 2. The molecule has 0 saturated heterocycles. The molecule has 0 radical (unpaired) electrons. The molecule has 13 heavy (non-hydrogen) atoms. The van der Waals surface area contributed by atoms with Gasteiger partial charge >= 0.3 is 0 Å². The van der Waals surface area contributed by atoms with Crippen LogP contribution in [0.5, 0.6) is 11.5 Å². The summed E-state index contributed by atoms with van der Waals surface area (Å²) in [7, 11) is 0. The summed E-state index contributed by atoms with van der Waals surface area (Å²) in [6.45, 7) is 4.24. The van der Waals surface area contributed by atoms with Crippen molar-refractivity contribution in [1.29, 1.82) is 0 Å². The number of hydrogen-bond donors (Lipinski definition) is 3. The summed E-state index contributed by atoms with van der Waals surface area (Å²) in [4.78, 5) is 0. The molecule has 0 fully saturated rings. The third kappa shape index (κ3) is 1.75. The van der Waals surface area contributed by atoms with Crippen LogP contribution in [0.2, 0.25) is 0 Å². The highest BCUT2D eigenvalue weighted by atomic mass is 16.3. The van der Waals surface area contributed by atoms with Gasteiger partial charge in [-0.2, -0.15) is 0 Å². The van der Waals surface area contributed by atoms with Crippen molar-refractivity contribution in [2.24, 2.45) is 5.73 Å². The molecule has 0 aromatic heterocycles. The third-order valence-electron chi connectivity index (χ3n) is 2.37. The highest BCUT2D eigenvalue weighted by Crippen LogP contribution is 2.32. The minimum Gasteiger partial charge on any atom is -0.504 e. The first-order valence-electron chi connectivity index (χ1n) is 4.29. The molecule has 0 spiro atoms. The van der Waals surface area contributed by atoms with E-state index < -0.39 is 0 Å². The molecule has 0 bridgehead atoms. The largest absolute Gasteiger partial charge is 0.504 e. The standard InChI is InChI=1S/C10H15NO2/c1-6-7(2)10(13)9(12)5-8(6)3-4-11/h5,12-13H,3-4,11H2,1-2H3. The number of phenolic OH excluding ortho intramolecular Hbond substituents is 2. The van der Waals surface area contributed by atoms with E-state index in [9.17, 15) is 10.2 Å². The van der Waals surface area contributed by atoms with Crippen molar-refractivity contribution < 1.29 is 10.2 Å². The van der Waals surface area contributed by atoms with Gasteiger partial charge in [0.25, 0.3) is 0 Å². The molecule has 3 nitrogen and oxygen atoms in total. The molecule has 72 valence electrons. The van der Waals surface area contributed by atoms with E-state index in [2.05, 4.69) is 0 Å². The Kier molecular flexibility index (Phi) is 2.78. The van der Waals surface area contributed by atoms with E-state index in [-0.39, 0.29) is 11.5 Å². The number of nitrogens with two attached hydrogens (primary N) is 1. The van der Waals surface area contributed by atoms with E-state index in [1.807, 2.05) is 6.92 Å². The van der Waals surface area contributed by atoms with Gasteiger partial charge in [-0.3, -0.25) is 0 Å². The molecule has 3 heteroatoms. The number of phenols is 2. The van der Waals surface area contributed by atoms with E-state index in [0.29, 0.717) is 6.54 Å². The summed E-state index contributed by atoms with van der Waals surface area (Å²) in [6, 6.07) is 1.57. The van der Waals surface area contributed by atoms with E-state index in [4.69, 9.17) is 5.73 Å². The topological polar surface area (TPSA) is 66.5 Å². The molecule has 0 heterocycles. The van der Waals surface area contributed by atoms with Gasteiger partial charge in [0, 0.05) is 0 Å². The minimum absolute atomic E-state index is 0.0294. The fourth-order valence-corrected chi connectivity index (χ4v) is 1.37. The van der Waals surface area contributed by atoms with Gasteiger partial charge in [-0.25, -0.2) is 0 Å². The molecule has 0 amide bonds. The van der Waals surface area contributed by atoms with Crippen LogP contribution in [0.3, 0.4) is 0 Å². The number of benzene rings is 1. The van der Waals surface area contributed by atoms with Gasteiger partial charge in [0.05, 0.1) is 0 Å². The van der Waals surface area contributed by atoms with Crippen LogP contribution in [0, 0.1) is 13.8 Å². The van der Waals surface area contributed by atoms with Crippen molar-refractivity contribution >= 4 is 0 Å². The van der Waals surface area contributed by atoms with Crippen molar-refractivity contribution in [3.63, 3.8) is 0 Å². The number of aromatic hydroxyl groups is 2. The Morgan fingerprint density at radius 2 is 1.85 bits per heavy atom. The molecule has 0 saturated carbocycles. The predicted molar refractivity (Wildman–Crippen MR) is 52.0 cm³/mol. The molecule has 1 aromatic rings. The summed E-state index contributed by atoms with van der Waals surface area (Å²) in [5.41, 5.74) is 8.15. The second kappa shape index (κ2) is 3.66. The molecule has 0 unspecified atom stereocenters. The Balaban J connectivity index is 3.24. The first-order chi connectivity index (χ1) is 6.07. The van der Waals surface area contributed by atoms with Crippen molar-refractivity contribution in [1.82, 2.24) is 0 Å². The van der Waals surface area contributed by atoms with Crippen LogP contribution in [0.25, 0.3) is 0 Å². The molecule has 1 rings (SSSR count). The maximum atomic E-state index is 9.40. The molecule has 1 aromatic carbocycles. The molecule has 0 aliphatic heterocycles. The maximum Gasteiger partial charge on any atom is 0.160 e. The molecule has 0 atom stereocenters. The van der Waals surface area contributed by atoms with Crippen LogP contribution in [-0.2, 0) is 6.42 Å². The van der Waals surface area contributed by atoms with E-state index in [1.165, 1.54) is 0 Å². The van der Waals surface area contributed by atoms with Gasteiger partial charge in [-0.15, -0.1) is 0 Å². The second-order valence-corrected chi connectivity index (χ2v) is 3.19.